The van der Waals surface area contributed by atoms with E-state index in [1.165, 1.54) is 7.11 Å². The fraction of sp³-hybridized carbons (Fsp3) is 0.462. The SMILES string of the molecule is COc1cccc(C(Cl)C(=O)NC2CC2)c1OC. The summed E-state index contributed by atoms with van der Waals surface area (Å²) in [5.41, 5.74) is 0.622. The van der Waals surface area contributed by atoms with Gasteiger partial charge in [-0.15, -0.1) is 11.6 Å². The molecule has 1 fully saturated rings. The van der Waals surface area contributed by atoms with Crippen molar-refractivity contribution in [3.05, 3.63) is 23.8 Å². The molecular weight excluding hydrogens is 254 g/mol. The fourth-order valence-corrected chi connectivity index (χ4v) is 1.99. The summed E-state index contributed by atoms with van der Waals surface area (Å²) in [5.74, 6) is 0.886. The van der Waals surface area contributed by atoms with Crippen LogP contribution in [0.25, 0.3) is 0 Å². The highest BCUT2D eigenvalue weighted by Crippen LogP contribution is 2.37. The summed E-state index contributed by atoms with van der Waals surface area (Å²) in [7, 11) is 3.08. The number of nitrogens with one attached hydrogen (secondary N) is 1. The third-order valence-electron chi connectivity index (χ3n) is 2.86. The smallest absolute Gasteiger partial charge is 0.242 e. The normalized spacial score (nSPS) is 15.9. The van der Waals surface area contributed by atoms with E-state index in [0.29, 0.717) is 17.1 Å². The van der Waals surface area contributed by atoms with Crippen molar-refractivity contribution in [3.8, 4) is 11.5 Å². The molecular formula is C13H16ClNO3. The number of benzene rings is 1. The summed E-state index contributed by atoms with van der Waals surface area (Å²) in [6, 6.07) is 5.61. The van der Waals surface area contributed by atoms with Gasteiger partial charge < -0.3 is 14.8 Å². The van der Waals surface area contributed by atoms with Crippen molar-refractivity contribution in [2.75, 3.05) is 14.2 Å². The predicted octanol–water partition coefficient (Wildman–Crippen LogP) is 2.26. The molecule has 0 radical (unpaired) electrons. The average molecular weight is 270 g/mol. The van der Waals surface area contributed by atoms with Crippen LogP contribution in [-0.4, -0.2) is 26.2 Å². The van der Waals surface area contributed by atoms with E-state index >= 15 is 0 Å². The zero-order valence-corrected chi connectivity index (χ0v) is 11.2. The summed E-state index contributed by atoms with van der Waals surface area (Å²) >= 11 is 6.19. The second-order valence-electron chi connectivity index (χ2n) is 4.23. The van der Waals surface area contributed by atoms with E-state index < -0.39 is 5.38 Å². The first-order valence-corrected chi connectivity index (χ1v) is 6.26. The van der Waals surface area contributed by atoms with E-state index in [9.17, 15) is 4.79 Å². The van der Waals surface area contributed by atoms with E-state index in [0.717, 1.165) is 12.8 Å². The van der Waals surface area contributed by atoms with E-state index in [-0.39, 0.29) is 11.9 Å². The molecule has 4 nitrogen and oxygen atoms in total. The molecule has 1 aromatic rings. The monoisotopic (exact) mass is 269 g/mol. The summed E-state index contributed by atoms with van der Waals surface area (Å²) in [5, 5.41) is 2.11. The van der Waals surface area contributed by atoms with Crippen molar-refractivity contribution in [2.45, 2.75) is 24.3 Å². The molecule has 1 aliphatic carbocycles. The first kappa shape index (κ1) is 13.0. The highest BCUT2D eigenvalue weighted by molar-refractivity contribution is 6.31. The highest BCUT2D eigenvalue weighted by atomic mass is 35.5. The molecule has 18 heavy (non-hydrogen) atoms. The van der Waals surface area contributed by atoms with Crippen molar-refractivity contribution in [3.63, 3.8) is 0 Å². The Morgan fingerprint density at radius 2 is 2.11 bits per heavy atom. The molecule has 1 unspecified atom stereocenters. The van der Waals surface area contributed by atoms with Gasteiger partial charge in [0.05, 0.1) is 14.2 Å². The van der Waals surface area contributed by atoms with Crippen LogP contribution in [0.2, 0.25) is 0 Å². The number of hydrogen-bond donors (Lipinski definition) is 1. The molecule has 0 aliphatic heterocycles. The number of halogens is 1. The van der Waals surface area contributed by atoms with Gasteiger partial charge in [0.1, 0.15) is 5.38 Å². The van der Waals surface area contributed by atoms with Crippen molar-refractivity contribution in [1.82, 2.24) is 5.32 Å². The lowest BCUT2D eigenvalue weighted by Crippen LogP contribution is -2.29. The van der Waals surface area contributed by atoms with Gasteiger partial charge in [0.2, 0.25) is 5.91 Å². The van der Waals surface area contributed by atoms with E-state index in [1.54, 1.807) is 25.3 Å². The number of rotatable bonds is 5. The number of ether oxygens (including phenoxy) is 2. The van der Waals surface area contributed by atoms with Crippen LogP contribution >= 0.6 is 11.6 Å². The first-order valence-electron chi connectivity index (χ1n) is 5.82. The second kappa shape index (κ2) is 5.48. The Labute approximate surface area is 111 Å². The lowest BCUT2D eigenvalue weighted by Gasteiger charge is -2.16. The highest BCUT2D eigenvalue weighted by Gasteiger charge is 2.29. The molecule has 2 rings (SSSR count). The van der Waals surface area contributed by atoms with Crippen LogP contribution in [0.15, 0.2) is 18.2 Å². The first-order chi connectivity index (χ1) is 8.67. The molecule has 1 aromatic carbocycles. The van der Waals surface area contributed by atoms with Gasteiger partial charge in [-0.25, -0.2) is 0 Å². The van der Waals surface area contributed by atoms with Crippen molar-refractivity contribution in [1.29, 1.82) is 0 Å². The largest absolute Gasteiger partial charge is 0.493 e. The van der Waals surface area contributed by atoms with Crippen LogP contribution in [0.3, 0.4) is 0 Å². The zero-order valence-electron chi connectivity index (χ0n) is 10.4. The lowest BCUT2D eigenvalue weighted by molar-refractivity contribution is -0.121. The Bertz CT molecular complexity index is 446. The Hall–Kier alpha value is -1.42. The molecule has 0 saturated heterocycles. The van der Waals surface area contributed by atoms with Gasteiger partial charge in [-0.1, -0.05) is 12.1 Å². The number of para-hydroxylation sites is 1. The van der Waals surface area contributed by atoms with Crippen LogP contribution in [0.4, 0.5) is 0 Å². The average Bonchev–Trinajstić information content (AvgIpc) is 3.20. The minimum absolute atomic E-state index is 0.189. The number of amides is 1. The summed E-state index contributed by atoms with van der Waals surface area (Å²) in [6.45, 7) is 0. The molecule has 98 valence electrons. The van der Waals surface area contributed by atoms with Crippen molar-refractivity contribution < 1.29 is 14.3 Å². The molecule has 5 heteroatoms. The van der Waals surface area contributed by atoms with Crippen LogP contribution in [0.1, 0.15) is 23.8 Å². The molecule has 1 amide bonds. The molecule has 0 bridgehead atoms. The molecule has 0 spiro atoms. The standard InChI is InChI=1S/C13H16ClNO3/c1-17-10-5-3-4-9(12(10)18-2)11(14)13(16)15-8-6-7-8/h3-5,8,11H,6-7H2,1-2H3,(H,15,16). The minimum Gasteiger partial charge on any atom is -0.493 e. The number of alkyl halides is 1. The Morgan fingerprint density at radius 1 is 1.39 bits per heavy atom. The third-order valence-corrected chi connectivity index (χ3v) is 3.29. The predicted molar refractivity (Wildman–Crippen MR) is 69.3 cm³/mol. The third kappa shape index (κ3) is 2.70. The van der Waals surface area contributed by atoms with Crippen LogP contribution < -0.4 is 14.8 Å². The van der Waals surface area contributed by atoms with E-state index in [4.69, 9.17) is 21.1 Å². The topological polar surface area (TPSA) is 47.6 Å². The van der Waals surface area contributed by atoms with Gasteiger partial charge in [0.25, 0.3) is 0 Å². The zero-order chi connectivity index (χ0) is 13.1. The van der Waals surface area contributed by atoms with Crippen LogP contribution in [0.5, 0.6) is 11.5 Å². The quantitative estimate of drug-likeness (QED) is 0.834. The number of carbonyl (C=O) groups is 1. The Kier molecular flexibility index (Phi) is 3.97. The maximum atomic E-state index is 11.9. The van der Waals surface area contributed by atoms with Gasteiger partial charge in [-0.2, -0.15) is 0 Å². The minimum atomic E-state index is -0.768. The molecule has 0 heterocycles. The van der Waals surface area contributed by atoms with Gasteiger partial charge in [0, 0.05) is 11.6 Å². The van der Waals surface area contributed by atoms with Crippen molar-refractivity contribution in [2.24, 2.45) is 0 Å². The molecule has 0 aromatic heterocycles. The van der Waals surface area contributed by atoms with E-state index in [2.05, 4.69) is 5.32 Å². The Morgan fingerprint density at radius 3 is 2.67 bits per heavy atom. The molecule has 1 N–H and O–H groups in total. The van der Waals surface area contributed by atoms with Crippen LogP contribution in [-0.2, 0) is 4.79 Å². The maximum absolute atomic E-state index is 11.9. The van der Waals surface area contributed by atoms with Gasteiger partial charge in [-0.05, 0) is 18.9 Å². The number of hydrogen-bond acceptors (Lipinski definition) is 3. The summed E-state index contributed by atoms with van der Waals surface area (Å²) in [4.78, 5) is 11.9. The fourth-order valence-electron chi connectivity index (χ4n) is 1.75. The van der Waals surface area contributed by atoms with Crippen LogP contribution in [0, 0.1) is 0 Å². The Balaban J connectivity index is 2.22. The summed E-state index contributed by atoms with van der Waals surface area (Å²) < 4.78 is 10.5. The molecule has 1 atom stereocenters. The second-order valence-corrected chi connectivity index (χ2v) is 4.66. The lowest BCUT2D eigenvalue weighted by atomic mass is 10.1. The molecule has 1 saturated carbocycles. The number of carbonyl (C=O) groups excluding carboxylic acids is 1. The van der Waals surface area contributed by atoms with Gasteiger partial charge in [0.15, 0.2) is 11.5 Å². The summed E-state index contributed by atoms with van der Waals surface area (Å²) in [6.07, 6.45) is 2.06. The number of methoxy groups -OCH3 is 2. The maximum Gasteiger partial charge on any atom is 0.242 e. The van der Waals surface area contributed by atoms with Gasteiger partial charge in [-0.3, -0.25) is 4.79 Å². The van der Waals surface area contributed by atoms with Gasteiger partial charge >= 0.3 is 0 Å². The van der Waals surface area contributed by atoms with E-state index in [1.807, 2.05) is 0 Å². The molecule has 1 aliphatic rings. The van der Waals surface area contributed by atoms with Crippen molar-refractivity contribution >= 4 is 17.5 Å².